The Labute approximate surface area is 686 Å². The predicted molar refractivity (Wildman–Crippen MR) is 485 cm³/mol. The Balaban J connectivity index is 0.000000140. The van der Waals surface area contributed by atoms with E-state index in [1.807, 2.05) is 206 Å². The van der Waals surface area contributed by atoms with Crippen LogP contribution in [0.5, 0.6) is 0 Å². The van der Waals surface area contributed by atoms with Crippen LogP contribution in [0.2, 0.25) is 0 Å². The number of pyridine rings is 2. The van der Waals surface area contributed by atoms with Gasteiger partial charge in [-0.2, -0.15) is 0 Å². The van der Waals surface area contributed by atoms with Crippen molar-refractivity contribution in [1.29, 1.82) is 0 Å². The average Bonchev–Trinajstić information content (AvgIpc) is 1.56. The van der Waals surface area contributed by atoms with Crippen molar-refractivity contribution in [2.75, 3.05) is 0 Å². The summed E-state index contributed by atoms with van der Waals surface area (Å²) in [6.45, 7) is 0. The third-order valence-corrected chi connectivity index (χ3v) is 22.6. The number of furan rings is 4. The molecule has 24 aromatic rings. The van der Waals surface area contributed by atoms with Crippen LogP contribution >= 0.6 is 0 Å². The number of rotatable bonds is 12. The van der Waals surface area contributed by atoms with Crippen molar-refractivity contribution in [2.24, 2.45) is 0 Å². The second kappa shape index (κ2) is 28.8. The lowest BCUT2D eigenvalue weighted by molar-refractivity contribution is 0.669. The molecule has 0 fully saturated rings. The van der Waals surface area contributed by atoms with Gasteiger partial charge in [-0.1, -0.05) is 322 Å². The van der Waals surface area contributed by atoms with Gasteiger partial charge in [-0.25, -0.2) is 39.9 Å². The Kier molecular flexibility index (Phi) is 16.6. The smallest absolute Gasteiger partial charge is 0.164 e. The minimum Gasteiger partial charge on any atom is -0.455 e. The maximum absolute atomic E-state index is 6.68. The molecule has 0 atom stereocenters. The van der Waals surface area contributed by atoms with Crippen LogP contribution in [0.4, 0.5) is 0 Å². The van der Waals surface area contributed by atoms with Gasteiger partial charge in [0, 0.05) is 98.7 Å². The van der Waals surface area contributed by atoms with E-state index in [2.05, 4.69) is 182 Å². The molecule has 0 amide bonds. The van der Waals surface area contributed by atoms with Gasteiger partial charge in [-0.05, 0) is 100 Å². The minimum atomic E-state index is 0.583. The zero-order chi connectivity index (χ0) is 79.1. The number of hydrogen-bond donors (Lipinski definition) is 0. The summed E-state index contributed by atoms with van der Waals surface area (Å²) in [4.78, 5) is 40.8. The normalized spacial score (nSPS) is 11.7. The summed E-state index contributed by atoms with van der Waals surface area (Å²) in [7, 11) is 0. The molecule has 0 saturated heterocycles. The third-order valence-electron chi connectivity index (χ3n) is 22.6. The van der Waals surface area contributed by atoms with Crippen molar-refractivity contribution < 1.29 is 17.7 Å². The highest BCUT2D eigenvalue weighted by Crippen LogP contribution is 2.46. The van der Waals surface area contributed by atoms with E-state index in [-0.39, 0.29) is 0 Å². The summed E-state index contributed by atoms with van der Waals surface area (Å²) in [6.07, 6.45) is 0. The Morgan fingerprint density at radius 2 is 0.425 bits per heavy atom. The summed E-state index contributed by atoms with van der Waals surface area (Å²) in [5, 5.41) is 10.3. The van der Waals surface area contributed by atoms with Gasteiger partial charge < -0.3 is 17.7 Å². The molecular weight excluding hydrogens is 1470 g/mol. The lowest BCUT2D eigenvalue weighted by Crippen LogP contribution is -2.00. The first kappa shape index (κ1) is 69.1. The van der Waals surface area contributed by atoms with Crippen molar-refractivity contribution in [3.8, 4) is 135 Å². The van der Waals surface area contributed by atoms with Crippen LogP contribution in [0.3, 0.4) is 0 Å². The SMILES string of the molecule is c1ccc(-c2nc(-c3ccccc3)nc(-c3cccc(-c4nc5cc(-c6ccc(-c7cccc8c7oc7ccccc78)cc6)ccc5c5oc6ccccc6c45)c3)n2)cc1.c1ccc(-c2nc(-c3ccccc3)nc(-c3cccc(-c4nc5cc(-c6cccc(-c7cccc8c7oc7ccccc78)c6)ccc5c5oc6ccccc6c45)c3)n2)cc1. The van der Waals surface area contributed by atoms with Crippen molar-refractivity contribution >= 4 is 110 Å². The van der Waals surface area contributed by atoms with E-state index in [0.29, 0.717) is 34.9 Å². The molecule has 12 nitrogen and oxygen atoms in total. The first-order chi connectivity index (χ1) is 59.4. The molecule has 0 unspecified atom stereocenters. The molecule has 12 heteroatoms. The monoisotopic (exact) mass is 1540 g/mol. The second-order valence-corrected chi connectivity index (χ2v) is 29.9. The fourth-order valence-corrected chi connectivity index (χ4v) is 16.8. The molecule has 0 aliphatic carbocycles. The third kappa shape index (κ3) is 12.2. The molecule has 0 spiro atoms. The largest absolute Gasteiger partial charge is 0.455 e. The van der Waals surface area contributed by atoms with Gasteiger partial charge in [-0.3, -0.25) is 0 Å². The van der Waals surface area contributed by atoms with Crippen LogP contribution in [0, 0.1) is 0 Å². The van der Waals surface area contributed by atoms with Gasteiger partial charge in [0.1, 0.15) is 44.7 Å². The Morgan fingerprint density at radius 1 is 0.150 bits per heavy atom. The first-order valence-electron chi connectivity index (χ1n) is 39.9. The summed E-state index contributed by atoms with van der Waals surface area (Å²) in [5.74, 6) is 3.62. The molecule has 0 aliphatic rings. The summed E-state index contributed by atoms with van der Waals surface area (Å²) in [6, 6.07) is 132. The predicted octanol–water partition coefficient (Wildman–Crippen LogP) is 28.4. The van der Waals surface area contributed by atoms with Crippen LogP contribution in [0.1, 0.15) is 0 Å². The topological polar surface area (TPSA) is 156 Å². The van der Waals surface area contributed by atoms with E-state index in [1.54, 1.807) is 0 Å². The Bertz CT molecular complexity index is 8050. The van der Waals surface area contributed by atoms with Crippen molar-refractivity contribution in [3.63, 3.8) is 0 Å². The van der Waals surface area contributed by atoms with Crippen LogP contribution in [0.15, 0.2) is 406 Å². The van der Waals surface area contributed by atoms with E-state index < -0.39 is 0 Å². The molecule has 24 rings (SSSR count). The van der Waals surface area contributed by atoms with Gasteiger partial charge in [0.2, 0.25) is 0 Å². The first-order valence-corrected chi connectivity index (χ1v) is 39.9. The van der Waals surface area contributed by atoms with Crippen LogP contribution in [-0.4, -0.2) is 39.9 Å². The number of fused-ring (bicyclic) bond motifs is 16. The number of hydrogen-bond acceptors (Lipinski definition) is 12. The number of aromatic nitrogens is 8. The Hall–Kier alpha value is -16.4. The molecule has 0 radical (unpaired) electrons. The average molecular weight is 1540 g/mol. The fraction of sp³-hybridized carbons (Fsp3) is 0. The highest BCUT2D eigenvalue weighted by molar-refractivity contribution is 6.21. The van der Waals surface area contributed by atoms with Crippen LogP contribution in [-0.2, 0) is 0 Å². The lowest BCUT2D eigenvalue weighted by Gasteiger charge is -2.11. The molecule has 0 bridgehead atoms. The summed E-state index contributed by atoms with van der Waals surface area (Å²) < 4.78 is 26.1. The standard InChI is InChI=1S/2C54H32N4O2/c1-3-14-33(15-4-1)52-56-53(34-16-5-2-6-17-34)58-54(57-52)39-21-12-20-38(31-39)49-48-44-23-8-10-27-47(44)60-51(48)43-29-28-36(32-45(43)55-49)35-18-11-19-37(30-35)40-24-13-25-42-41-22-7-9-26-46(41)59-50(40)42;1-3-13-35(14-4-1)52-56-53(36-15-5-2-6-16-36)58-54(57-52)39-18-11-17-38(31-39)49-48-44-20-8-10-24-47(44)60-51(48)43-30-29-37(32-45(43)55-49)33-25-27-34(28-26-33)40-21-12-22-42-41-19-7-9-23-46(41)59-50(40)42/h2*1-32H. The number of nitrogens with zero attached hydrogens (tertiary/aromatic N) is 8. The molecule has 0 saturated carbocycles. The number of benzene rings is 16. The highest BCUT2D eigenvalue weighted by Gasteiger charge is 2.25. The molecule has 120 heavy (non-hydrogen) atoms. The van der Waals surface area contributed by atoms with Gasteiger partial charge in [-0.15, -0.1) is 0 Å². The quantitative estimate of drug-likeness (QED) is 0.114. The molecular formula is C108H64N8O4. The second-order valence-electron chi connectivity index (χ2n) is 29.9. The molecule has 0 N–H and O–H groups in total. The zero-order valence-corrected chi connectivity index (χ0v) is 64.2. The van der Waals surface area contributed by atoms with Crippen molar-refractivity contribution in [3.05, 3.63) is 388 Å². The van der Waals surface area contributed by atoms with Gasteiger partial charge in [0.05, 0.1) is 33.2 Å². The maximum atomic E-state index is 6.68. The summed E-state index contributed by atoms with van der Waals surface area (Å²) in [5.41, 5.74) is 26.0. The van der Waals surface area contributed by atoms with Gasteiger partial charge in [0.25, 0.3) is 0 Å². The lowest BCUT2D eigenvalue weighted by atomic mass is 9.96. The molecule has 0 aliphatic heterocycles. The van der Waals surface area contributed by atoms with E-state index in [0.717, 1.165) is 210 Å². The van der Waals surface area contributed by atoms with E-state index in [9.17, 15) is 0 Å². The molecule has 16 aromatic carbocycles. The van der Waals surface area contributed by atoms with E-state index >= 15 is 0 Å². The summed E-state index contributed by atoms with van der Waals surface area (Å²) >= 11 is 0. The zero-order valence-electron chi connectivity index (χ0n) is 64.2. The van der Waals surface area contributed by atoms with Crippen molar-refractivity contribution in [1.82, 2.24) is 39.9 Å². The minimum absolute atomic E-state index is 0.583. The van der Waals surface area contributed by atoms with Crippen LogP contribution in [0.25, 0.3) is 245 Å². The van der Waals surface area contributed by atoms with Gasteiger partial charge >= 0.3 is 0 Å². The van der Waals surface area contributed by atoms with Crippen LogP contribution < -0.4 is 0 Å². The van der Waals surface area contributed by atoms with Crippen molar-refractivity contribution in [2.45, 2.75) is 0 Å². The maximum Gasteiger partial charge on any atom is 0.164 e. The highest BCUT2D eigenvalue weighted by atomic mass is 16.3. The molecule has 560 valence electrons. The van der Waals surface area contributed by atoms with E-state index in [1.165, 1.54) is 0 Å². The Morgan fingerprint density at radius 3 is 0.850 bits per heavy atom. The molecule has 8 heterocycles. The fourth-order valence-electron chi connectivity index (χ4n) is 16.8. The van der Waals surface area contributed by atoms with Gasteiger partial charge in [0.15, 0.2) is 34.9 Å². The number of para-hydroxylation sites is 6. The van der Waals surface area contributed by atoms with E-state index in [4.69, 9.17) is 57.5 Å². The molecule has 8 aromatic heterocycles.